The smallest absolute Gasteiger partial charge is 0.339 e. The number of aromatic nitrogens is 1. The highest BCUT2D eigenvalue weighted by Gasteiger charge is 2.09. The minimum absolute atomic E-state index is 0.378. The molecule has 0 aliphatic heterocycles. The molecule has 0 aliphatic rings. The molecule has 0 N–H and O–H groups in total. The van der Waals surface area contributed by atoms with Crippen molar-refractivity contribution in [2.75, 3.05) is 0 Å². The van der Waals surface area contributed by atoms with E-state index in [9.17, 15) is 4.79 Å². The van der Waals surface area contributed by atoms with Crippen LogP contribution in [0.2, 0.25) is 0 Å². The first-order chi connectivity index (χ1) is 7.15. The minimum Gasteiger partial charge on any atom is -0.404 e. The molecule has 0 fully saturated rings. The van der Waals surface area contributed by atoms with Crippen molar-refractivity contribution in [3.63, 3.8) is 0 Å². The lowest BCUT2D eigenvalue weighted by Gasteiger charge is -2.07. The first kappa shape index (κ1) is 11.4. The fraction of sp³-hybridized carbons (Fsp3) is 0.333. The zero-order chi connectivity index (χ0) is 11.3. The lowest BCUT2D eigenvalue weighted by Crippen LogP contribution is -2.10. The molecule has 0 atom stereocenters. The maximum absolute atomic E-state index is 11.3. The summed E-state index contributed by atoms with van der Waals surface area (Å²) in [6.45, 7) is 7.21. The van der Waals surface area contributed by atoms with Gasteiger partial charge in [-0.15, -0.1) is 0 Å². The molecule has 3 nitrogen and oxygen atoms in total. The molecular weight excluding hydrogens is 190 g/mol. The van der Waals surface area contributed by atoms with E-state index in [2.05, 4.69) is 18.5 Å². The van der Waals surface area contributed by atoms with Gasteiger partial charge in [-0.2, -0.15) is 0 Å². The van der Waals surface area contributed by atoms with Crippen molar-refractivity contribution in [1.82, 2.24) is 4.98 Å². The first-order valence-electron chi connectivity index (χ1n) is 4.96. The molecule has 15 heavy (non-hydrogen) atoms. The van der Waals surface area contributed by atoms with Gasteiger partial charge in [-0.1, -0.05) is 26.0 Å². The Bertz CT molecular complexity index is 372. The van der Waals surface area contributed by atoms with E-state index in [1.807, 2.05) is 12.1 Å². The Morgan fingerprint density at radius 3 is 2.93 bits per heavy atom. The minimum atomic E-state index is -0.425. The van der Waals surface area contributed by atoms with Crippen LogP contribution >= 0.6 is 0 Å². The van der Waals surface area contributed by atoms with Gasteiger partial charge in [0.15, 0.2) is 0 Å². The number of carbonyl (C=O) groups excluding carboxylic acids is 1. The van der Waals surface area contributed by atoms with Crippen LogP contribution in [0.1, 0.15) is 25.8 Å². The van der Waals surface area contributed by atoms with Gasteiger partial charge in [0, 0.05) is 17.3 Å². The Morgan fingerprint density at radius 1 is 1.60 bits per heavy atom. The highest BCUT2D eigenvalue weighted by atomic mass is 16.5. The molecule has 0 spiro atoms. The number of rotatable bonds is 4. The van der Waals surface area contributed by atoms with Crippen molar-refractivity contribution in [3.05, 3.63) is 36.0 Å². The number of nitrogens with zero attached hydrogens (tertiary/aromatic N) is 1. The van der Waals surface area contributed by atoms with Crippen LogP contribution in [0.15, 0.2) is 30.5 Å². The number of carbonyl (C=O) groups is 1. The number of pyridine rings is 1. The molecule has 1 heterocycles. The van der Waals surface area contributed by atoms with Crippen LogP contribution in [0.3, 0.4) is 0 Å². The van der Waals surface area contributed by atoms with Crippen molar-refractivity contribution in [1.29, 1.82) is 0 Å². The van der Waals surface area contributed by atoms with Gasteiger partial charge in [0.1, 0.15) is 0 Å². The molecule has 1 rings (SSSR count). The van der Waals surface area contributed by atoms with E-state index in [1.54, 1.807) is 13.1 Å². The molecular formula is C12H15NO2. The third-order valence-corrected chi connectivity index (χ3v) is 1.91. The molecule has 0 unspecified atom stereocenters. The second-order valence-corrected chi connectivity index (χ2v) is 3.39. The van der Waals surface area contributed by atoms with E-state index in [4.69, 9.17) is 4.74 Å². The molecule has 0 aromatic carbocycles. The van der Waals surface area contributed by atoms with Crippen LogP contribution in [0.5, 0.6) is 5.88 Å². The Balaban J connectivity index is 2.84. The summed E-state index contributed by atoms with van der Waals surface area (Å²) in [5.74, 6) is -0.0293. The fourth-order valence-electron chi connectivity index (χ4n) is 1.15. The second kappa shape index (κ2) is 5.29. The van der Waals surface area contributed by atoms with Gasteiger partial charge < -0.3 is 4.74 Å². The van der Waals surface area contributed by atoms with E-state index in [0.717, 1.165) is 18.4 Å². The maximum atomic E-state index is 11.3. The summed E-state index contributed by atoms with van der Waals surface area (Å²) in [6, 6.07) is 3.75. The highest BCUT2D eigenvalue weighted by molar-refractivity contribution is 5.88. The molecule has 3 heteroatoms. The Morgan fingerprint density at radius 2 is 2.33 bits per heavy atom. The van der Waals surface area contributed by atoms with Gasteiger partial charge in [0.2, 0.25) is 5.88 Å². The summed E-state index contributed by atoms with van der Waals surface area (Å²) in [6.07, 6.45) is 3.45. The standard InChI is InChI=1S/C12H15NO2/c1-4-6-10-7-5-8-13-11(10)15-12(14)9(2)3/h5,7-8H,2,4,6H2,1,3H3. The summed E-state index contributed by atoms with van der Waals surface area (Å²) in [5, 5.41) is 0. The lowest BCUT2D eigenvalue weighted by atomic mass is 10.1. The van der Waals surface area contributed by atoms with Crippen molar-refractivity contribution < 1.29 is 9.53 Å². The Labute approximate surface area is 89.8 Å². The number of ether oxygens (including phenoxy) is 1. The van der Waals surface area contributed by atoms with Crippen molar-refractivity contribution in [2.45, 2.75) is 26.7 Å². The van der Waals surface area contributed by atoms with Crippen molar-refractivity contribution in [2.24, 2.45) is 0 Å². The van der Waals surface area contributed by atoms with E-state index in [1.165, 1.54) is 0 Å². The molecule has 1 aromatic heterocycles. The second-order valence-electron chi connectivity index (χ2n) is 3.39. The molecule has 0 bridgehead atoms. The topological polar surface area (TPSA) is 39.2 Å². The summed E-state index contributed by atoms with van der Waals surface area (Å²) in [5.41, 5.74) is 1.33. The third kappa shape index (κ3) is 3.20. The molecule has 0 amide bonds. The Hall–Kier alpha value is -1.64. The predicted octanol–water partition coefficient (Wildman–Crippen LogP) is 2.52. The summed E-state index contributed by atoms with van der Waals surface area (Å²) in [7, 11) is 0. The average molecular weight is 205 g/mol. The summed E-state index contributed by atoms with van der Waals surface area (Å²) >= 11 is 0. The number of hydrogen-bond acceptors (Lipinski definition) is 3. The predicted molar refractivity (Wildman–Crippen MR) is 58.7 cm³/mol. The zero-order valence-electron chi connectivity index (χ0n) is 9.12. The fourth-order valence-corrected chi connectivity index (χ4v) is 1.15. The monoisotopic (exact) mass is 205 g/mol. The molecule has 80 valence electrons. The van der Waals surface area contributed by atoms with Gasteiger partial charge in [-0.3, -0.25) is 0 Å². The zero-order valence-corrected chi connectivity index (χ0v) is 9.12. The number of esters is 1. The van der Waals surface area contributed by atoms with Gasteiger partial charge in [-0.05, 0) is 19.4 Å². The normalized spacial score (nSPS) is 9.73. The third-order valence-electron chi connectivity index (χ3n) is 1.91. The van der Waals surface area contributed by atoms with E-state index >= 15 is 0 Å². The van der Waals surface area contributed by atoms with Gasteiger partial charge in [0.25, 0.3) is 0 Å². The van der Waals surface area contributed by atoms with Crippen LogP contribution in [0.25, 0.3) is 0 Å². The van der Waals surface area contributed by atoms with Crippen LogP contribution in [0, 0.1) is 0 Å². The Kier molecular flexibility index (Phi) is 4.03. The molecule has 0 aliphatic carbocycles. The maximum Gasteiger partial charge on any atom is 0.339 e. The van der Waals surface area contributed by atoms with Crippen LogP contribution in [-0.2, 0) is 11.2 Å². The summed E-state index contributed by atoms with van der Waals surface area (Å²) < 4.78 is 5.11. The van der Waals surface area contributed by atoms with Crippen molar-refractivity contribution >= 4 is 5.97 Å². The van der Waals surface area contributed by atoms with Crippen LogP contribution in [0.4, 0.5) is 0 Å². The largest absolute Gasteiger partial charge is 0.404 e. The molecule has 0 saturated carbocycles. The van der Waals surface area contributed by atoms with E-state index in [-0.39, 0.29) is 0 Å². The lowest BCUT2D eigenvalue weighted by molar-refractivity contribution is -0.130. The molecule has 1 aromatic rings. The van der Waals surface area contributed by atoms with Gasteiger partial charge in [0.05, 0.1) is 0 Å². The van der Waals surface area contributed by atoms with Gasteiger partial charge in [-0.25, -0.2) is 9.78 Å². The average Bonchev–Trinajstić information content (AvgIpc) is 2.21. The highest BCUT2D eigenvalue weighted by Crippen LogP contribution is 2.16. The van der Waals surface area contributed by atoms with Crippen molar-refractivity contribution in [3.8, 4) is 5.88 Å². The summed E-state index contributed by atoms with van der Waals surface area (Å²) in [4.78, 5) is 15.3. The SMILES string of the molecule is C=C(C)C(=O)Oc1ncccc1CCC. The van der Waals surface area contributed by atoms with Crippen LogP contribution < -0.4 is 4.74 Å². The molecule has 0 radical (unpaired) electrons. The van der Waals surface area contributed by atoms with Gasteiger partial charge >= 0.3 is 5.97 Å². The number of hydrogen-bond donors (Lipinski definition) is 0. The first-order valence-corrected chi connectivity index (χ1v) is 4.96. The van der Waals surface area contributed by atoms with Crippen LogP contribution in [-0.4, -0.2) is 11.0 Å². The van der Waals surface area contributed by atoms with E-state index in [0.29, 0.717) is 11.5 Å². The van der Waals surface area contributed by atoms with E-state index < -0.39 is 5.97 Å². The molecule has 0 saturated heterocycles. The number of aryl methyl sites for hydroxylation is 1. The quantitative estimate of drug-likeness (QED) is 0.560.